The summed E-state index contributed by atoms with van der Waals surface area (Å²) >= 11 is 1.56. The van der Waals surface area contributed by atoms with Crippen molar-refractivity contribution in [3.8, 4) is 11.1 Å². The highest BCUT2D eigenvalue weighted by atomic mass is 32.1. The van der Waals surface area contributed by atoms with E-state index in [0.29, 0.717) is 18.4 Å². The number of thiophene rings is 1. The summed E-state index contributed by atoms with van der Waals surface area (Å²) in [5.74, 6) is 0. The lowest BCUT2D eigenvalue weighted by Crippen LogP contribution is -2.49. The Morgan fingerprint density at radius 2 is 2.15 bits per heavy atom. The van der Waals surface area contributed by atoms with Crippen molar-refractivity contribution >= 4 is 21.6 Å². The zero-order valence-electron chi connectivity index (χ0n) is 16.0. The highest BCUT2D eigenvalue weighted by Gasteiger charge is 2.30. The molecule has 1 fully saturated rings. The topological polar surface area (TPSA) is 67.2 Å². The molecule has 0 bridgehead atoms. The lowest BCUT2D eigenvalue weighted by atomic mass is 9.94. The first-order valence-electron chi connectivity index (χ1n) is 9.37. The van der Waals surface area contributed by atoms with Gasteiger partial charge in [-0.1, -0.05) is 23.8 Å². The smallest absolute Gasteiger partial charge is 0.262 e. The van der Waals surface area contributed by atoms with Gasteiger partial charge in [0.05, 0.1) is 23.9 Å². The molecule has 1 aliphatic rings. The molecule has 0 amide bonds. The Morgan fingerprint density at radius 1 is 1.33 bits per heavy atom. The van der Waals surface area contributed by atoms with Crippen LogP contribution in [0.25, 0.3) is 21.3 Å². The Balaban J connectivity index is 1.87. The molecule has 0 aliphatic carbocycles. The molecule has 2 aromatic heterocycles. The third kappa shape index (κ3) is 3.33. The van der Waals surface area contributed by atoms with Gasteiger partial charge in [0.1, 0.15) is 4.83 Å². The normalized spacial score (nSPS) is 20.3. The number of nitrogens with zero attached hydrogens (tertiary/aromatic N) is 2. The van der Waals surface area contributed by atoms with Crippen molar-refractivity contribution in [2.75, 3.05) is 13.1 Å². The average Bonchev–Trinajstić information content (AvgIpc) is 2.97. The molecule has 4 rings (SSSR count). The minimum Gasteiger partial charge on any atom is -0.387 e. The van der Waals surface area contributed by atoms with Gasteiger partial charge in [-0.05, 0) is 51.3 Å². The number of β-amino-alcohol motifs (C(OH)–C–C–N with tert-alkyl or cyclic N) is 1. The molecule has 1 saturated heterocycles. The van der Waals surface area contributed by atoms with Crippen LogP contribution in [0.2, 0.25) is 0 Å². The number of benzene rings is 1. The first kappa shape index (κ1) is 18.3. The average molecular weight is 384 g/mol. The van der Waals surface area contributed by atoms with Crippen LogP contribution < -0.4 is 10.9 Å². The van der Waals surface area contributed by atoms with Crippen molar-refractivity contribution in [3.05, 3.63) is 50.9 Å². The quantitative estimate of drug-likeness (QED) is 0.729. The Labute approximate surface area is 162 Å². The van der Waals surface area contributed by atoms with Gasteiger partial charge in [0.2, 0.25) is 0 Å². The van der Waals surface area contributed by atoms with Gasteiger partial charge in [0, 0.05) is 17.0 Å². The molecule has 5 nitrogen and oxygen atoms in total. The number of hydrogen-bond donors (Lipinski definition) is 2. The fourth-order valence-corrected chi connectivity index (χ4v) is 4.98. The van der Waals surface area contributed by atoms with E-state index in [0.717, 1.165) is 39.4 Å². The number of aromatic nitrogens is 2. The van der Waals surface area contributed by atoms with Crippen molar-refractivity contribution in [3.63, 3.8) is 0 Å². The van der Waals surface area contributed by atoms with Gasteiger partial charge in [-0.15, -0.1) is 11.3 Å². The van der Waals surface area contributed by atoms with Crippen LogP contribution in [0.5, 0.6) is 0 Å². The van der Waals surface area contributed by atoms with E-state index in [4.69, 9.17) is 0 Å². The summed E-state index contributed by atoms with van der Waals surface area (Å²) in [6.07, 6.45) is 3.18. The largest absolute Gasteiger partial charge is 0.387 e. The number of hydrogen-bond acceptors (Lipinski definition) is 5. The molecule has 1 aromatic carbocycles. The van der Waals surface area contributed by atoms with Crippen molar-refractivity contribution in [2.45, 2.75) is 45.8 Å². The van der Waals surface area contributed by atoms with Crippen LogP contribution in [0.4, 0.5) is 0 Å². The maximum absolute atomic E-state index is 13.3. The summed E-state index contributed by atoms with van der Waals surface area (Å²) < 4.78 is 1.58. The first-order valence-corrected chi connectivity index (χ1v) is 10.2. The number of rotatable bonds is 3. The van der Waals surface area contributed by atoms with Crippen molar-refractivity contribution < 1.29 is 5.11 Å². The number of nitrogens with one attached hydrogen (secondary N) is 1. The van der Waals surface area contributed by atoms with Crippen LogP contribution in [0, 0.1) is 20.8 Å². The van der Waals surface area contributed by atoms with E-state index in [1.54, 1.807) is 22.2 Å². The van der Waals surface area contributed by atoms with Gasteiger partial charge in [-0.25, -0.2) is 4.98 Å². The third-order valence-electron chi connectivity index (χ3n) is 5.43. The number of aliphatic hydroxyl groups is 1. The van der Waals surface area contributed by atoms with Crippen LogP contribution in [-0.2, 0) is 6.54 Å². The van der Waals surface area contributed by atoms with Gasteiger partial charge in [-0.2, -0.15) is 0 Å². The van der Waals surface area contributed by atoms with Gasteiger partial charge in [-0.3, -0.25) is 9.36 Å². The molecular weight excluding hydrogens is 358 g/mol. The van der Waals surface area contributed by atoms with Crippen molar-refractivity contribution in [2.24, 2.45) is 0 Å². The van der Waals surface area contributed by atoms with Gasteiger partial charge in [0.25, 0.3) is 5.56 Å². The predicted molar refractivity (Wildman–Crippen MR) is 111 cm³/mol. The summed E-state index contributed by atoms with van der Waals surface area (Å²) in [5, 5.41) is 14.7. The SMILES string of the molecule is Cc1ccc(C)c(-c2c(C)sc3ncn(C[C@]4(O)CCCNC4)c(=O)c23)c1. The zero-order valence-corrected chi connectivity index (χ0v) is 16.8. The molecule has 1 aliphatic heterocycles. The van der Waals surface area contributed by atoms with Crippen molar-refractivity contribution in [1.82, 2.24) is 14.9 Å². The lowest BCUT2D eigenvalue weighted by Gasteiger charge is -2.32. The van der Waals surface area contributed by atoms with Gasteiger partial charge in [0.15, 0.2) is 0 Å². The first-order chi connectivity index (χ1) is 12.9. The van der Waals surface area contributed by atoms with E-state index in [1.165, 1.54) is 5.56 Å². The lowest BCUT2D eigenvalue weighted by molar-refractivity contribution is -0.000241. The van der Waals surface area contributed by atoms with Crippen LogP contribution in [-0.4, -0.2) is 33.3 Å². The summed E-state index contributed by atoms with van der Waals surface area (Å²) in [5.41, 5.74) is 3.42. The van der Waals surface area contributed by atoms with Crippen LogP contribution in [0.3, 0.4) is 0 Å². The monoisotopic (exact) mass is 383 g/mol. The Bertz CT molecular complexity index is 1060. The molecule has 6 heteroatoms. The van der Waals surface area contributed by atoms with Crippen molar-refractivity contribution in [1.29, 1.82) is 0 Å². The molecule has 3 heterocycles. The summed E-state index contributed by atoms with van der Waals surface area (Å²) in [7, 11) is 0. The number of piperidine rings is 1. The fraction of sp³-hybridized carbons (Fsp3) is 0.429. The van der Waals surface area contributed by atoms with Crippen LogP contribution in [0.1, 0.15) is 28.8 Å². The molecule has 0 radical (unpaired) electrons. The molecule has 1 atom stereocenters. The van der Waals surface area contributed by atoms with E-state index < -0.39 is 5.60 Å². The van der Waals surface area contributed by atoms with E-state index in [1.807, 2.05) is 6.92 Å². The van der Waals surface area contributed by atoms with E-state index in [9.17, 15) is 9.90 Å². The molecule has 2 N–H and O–H groups in total. The standard InChI is InChI=1S/C21H25N3O2S/c1-13-5-6-14(2)16(9-13)17-15(3)27-19-18(17)20(25)24(12-23-19)11-21(26)7-4-8-22-10-21/h5-6,9,12,22,26H,4,7-8,10-11H2,1-3H3/t21-/m0/s1. The maximum atomic E-state index is 13.3. The van der Waals surface area contributed by atoms with Crippen LogP contribution >= 0.6 is 11.3 Å². The highest BCUT2D eigenvalue weighted by molar-refractivity contribution is 7.19. The van der Waals surface area contributed by atoms with Gasteiger partial charge >= 0.3 is 0 Å². The predicted octanol–water partition coefficient (Wildman–Crippen LogP) is 3.16. The Kier molecular flexibility index (Phi) is 4.66. The molecule has 0 spiro atoms. The number of fused-ring (bicyclic) bond motifs is 1. The molecule has 27 heavy (non-hydrogen) atoms. The third-order valence-corrected chi connectivity index (χ3v) is 6.44. The fourth-order valence-electron chi connectivity index (χ4n) is 3.98. The van der Waals surface area contributed by atoms with Crippen LogP contribution in [0.15, 0.2) is 29.3 Å². The molecule has 142 valence electrons. The van der Waals surface area contributed by atoms with Gasteiger partial charge < -0.3 is 10.4 Å². The minimum absolute atomic E-state index is 0.0701. The molecule has 3 aromatic rings. The second kappa shape index (κ2) is 6.86. The molecule has 0 saturated carbocycles. The summed E-state index contributed by atoms with van der Waals surface area (Å²) in [6, 6.07) is 6.32. The minimum atomic E-state index is -0.901. The Hall–Kier alpha value is -2.02. The molecule has 0 unspecified atom stereocenters. The Morgan fingerprint density at radius 3 is 2.89 bits per heavy atom. The maximum Gasteiger partial charge on any atom is 0.262 e. The summed E-state index contributed by atoms with van der Waals surface area (Å²) in [6.45, 7) is 7.87. The second-order valence-corrected chi connectivity index (χ2v) is 8.92. The highest BCUT2D eigenvalue weighted by Crippen LogP contribution is 2.37. The molecular formula is C21H25N3O2S. The van der Waals surface area contributed by atoms with E-state index in [2.05, 4.69) is 42.3 Å². The second-order valence-electron chi connectivity index (χ2n) is 7.71. The number of aryl methyl sites for hydroxylation is 3. The summed E-state index contributed by atoms with van der Waals surface area (Å²) in [4.78, 5) is 19.8. The zero-order chi connectivity index (χ0) is 19.2. The van der Waals surface area contributed by atoms with E-state index in [-0.39, 0.29) is 12.1 Å². The van der Waals surface area contributed by atoms with E-state index >= 15 is 0 Å².